The molecule has 0 saturated carbocycles. The van der Waals surface area contributed by atoms with Crippen molar-refractivity contribution in [2.45, 2.75) is 25.9 Å². The number of fused-ring (bicyclic) bond motifs is 1. The van der Waals surface area contributed by atoms with Gasteiger partial charge < -0.3 is 10.1 Å². The molecule has 1 heterocycles. The summed E-state index contributed by atoms with van der Waals surface area (Å²) in [5.41, 5.74) is 3.80. The minimum absolute atomic E-state index is 0.0402. The van der Waals surface area contributed by atoms with Crippen molar-refractivity contribution in [3.63, 3.8) is 0 Å². The molecule has 1 aliphatic rings. The van der Waals surface area contributed by atoms with Gasteiger partial charge in [-0.15, -0.1) is 0 Å². The summed E-state index contributed by atoms with van der Waals surface area (Å²) in [4.78, 5) is 23.6. The zero-order chi connectivity index (χ0) is 18.5. The van der Waals surface area contributed by atoms with E-state index < -0.39 is 0 Å². The first-order valence-corrected chi connectivity index (χ1v) is 10.1. The Hall–Kier alpha value is -2.27. The zero-order valence-corrected chi connectivity index (χ0v) is 15.9. The van der Waals surface area contributed by atoms with E-state index in [1.165, 1.54) is 0 Å². The highest BCUT2D eigenvalue weighted by molar-refractivity contribution is 7.98. The number of ketones is 1. The second kappa shape index (κ2) is 8.41. The molecule has 4 nitrogen and oxygen atoms in total. The molecule has 0 aromatic heterocycles. The first-order valence-electron chi connectivity index (χ1n) is 8.74. The second-order valence-electron chi connectivity index (χ2n) is 6.42. The van der Waals surface area contributed by atoms with Crippen molar-refractivity contribution in [1.82, 2.24) is 5.32 Å². The molecule has 1 unspecified atom stereocenters. The van der Waals surface area contributed by atoms with Crippen molar-refractivity contribution >= 4 is 23.5 Å². The topological polar surface area (TPSA) is 55.4 Å². The van der Waals surface area contributed by atoms with Gasteiger partial charge in [-0.3, -0.25) is 9.59 Å². The van der Waals surface area contributed by atoms with Crippen molar-refractivity contribution in [2.24, 2.45) is 0 Å². The molecule has 3 rings (SSSR count). The van der Waals surface area contributed by atoms with Gasteiger partial charge in [-0.1, -0.05) is 30.3 Å². The van der Waals surface area contributed by atoms with Crippen LogP contribution in [-0.4, -0.2) is 36.3 Å². The van der Waals surface area contributed by atoms with E-state index in [1.807, 2.05) is 42.7 Å². The van der Waals surface area contributed by atoms with Gasteiger partial charge in [0.25, 0.3) is 0 Å². The lowest BCUT2D eigenvalue weighted by atomic mass is 9.95. The molecular formula is C21H23NO3S. The summed E-state index contributed by atoms with van der Waals surface area (Å²) in [5, 5.41) is 2.94. The highest BCUT2D eigenvalue weighted by Gasteiger charge is 2.24. The van der Waals surface area contributed by atoms with Crippen LogP contribution in [0.4, 0.5) is 0 Å². The van der Waals surface area contributed by atoms with E-state index in [2.05, 4.69) is 11.4 Å². The summed E-state index contributed by atoms with van der Waals surface area (Å²) in [6.07, 6.45) is 3.24. The van der Waals surface area contributed by atoms with E-state index in [0.29, 0.717) is 13.0 Å². The summed E-state index contributed by atoms with van der Waals surface area (Å²) in [7, 11) is 0. The average molecular weight is 369 g/mol. The molecule has 1 atom stereocenters. The van der Waals surface area contributed by atoms with Gasteiger partial charge in [0.05, 0.1) is 6.54 Å². The number of carbonyl (C=O) groups excluding carboxylic acids is 2. The minimum atomic E-state index is -0.0402. The van der Waals surface area contributed by atoms with Gasteiger partial charge in [-0.25, -0.2) is 0 Å². The normalized spacial score (nSPS) is 15.2. The Bertz CT molecular complexity index is 819. The van der Waals surface area contributed by atoms with Gasteiger partial charge in [0.2, 0.25) is 5.91 Å². The monoisotopic (exact) mass is 369 g/mol. The molecule has 1 aliphatic heterocycles. The van der Waals surface area contributed by atoms with Crippen molar-refractivity contribution in [3.05, 3.63) is 53.6 Å². The van der Waals surface area contributed by atoms with Gasteiger partial charge in [-0.05, 0) is 42.0 Å². The number of nitrogens with one attached hydrogen (secondary N) is 1. The van der Waals surface area contributed by atoms with Crippen molar-refractivity contribution in [2.75, 3.05) is 18.6 Å². The number of benzene rings is 2. The Labute approximate surface area is 158 Å². The number of carbonyl (C=O) groups is 2. The van der Waals surface area contributed by atoms with Crippen LogP contribution in [0, 0.1) is 0 Å². The van der Waals surface area contributed by atoms with Crippen molar-refractivity contribution in [3.8, 4) is 16.9 Å². The van der Waals surface area contributed by atoms with Crippen LogP contribution in [-0.2, 0) is 11.2 Å². The van der Waals surface area contributed by atoms with Gasteiger partial charge in [0.15, 0.2) is 5.78 Å². The van der Waals surface area contributed by atoms with Gasteiger partial charge in [0, 0.05) is 24.2 Å². The zero-order valence-electron chi connectivity index (χ0n) is 15.1. The molecular weight excluding hydrogens is 346 g/mol. The third kappa shape index (κ3) is 4.28. The van der Waals surface area contributed by atoms with Crippen molar-refractivity contribution in [1.29, 1.82) is 0 Å². The number of hydrogen-bond donors (Lipinski definition) is 1. The van der Waals surface area contributed by atoms with Crippen LogP contribution in [0.2, 0.25) is 0 Å². The average Bonchev–Trinajstić information content (AvgIpc) is 3.06. The van der Waals surface area contributed by atoms with Gasteiger partial charge in [-0.2, -0.15) is 11.8 Å². The lowest BCUT2D eigenvalue weighted by Gasteiger charge is -2.11. The minimum Gasteiger partial charge on any atom is -0.488 e. The fourth-order valence-electron chi connectivity index (χ4n) is 3.15. The summed E-state index contributed by atoms with van der Waals surface area (Å²) in [5.74, 6) is 1.81. The Kier molecular flexibility index (Phi) is 5.99. The molecule has 26 heavy (non-hydrogen) atoms. The first kappa shape index (κ1) is 18.5. The van der Waals surface area contributed by atoms with E-state index in [4.69, 9.17) is 4.74 Å². The summed E-state index contributed by atoms with van der Waals surface area (Å²) in [6.45, 7) is 2.10. The maximum absolute atomic E-state index is 11.9. The maximum Gasteiger partial charge on any atom is 0.220 e. The highest BCUT2D eigenvalue weighted by Crippen LogP contribution is 2.34. The second-order valence-corrected chi connectivity index (χ2v) is 7.40. The molecule has 136 valence electrons. The van der Waals surface area contributed by atoms with Crippen LogP contribution in [0.25, 0.3) is 11.1 Å². The molecule has 2 aromatic rings. The van der Waals surface area contributed by atoms with E-state index in [-0.39, 0.29) is 17.8 Å². The lowest BCUT2D eigenvalue weighted by molar-refractivity contribution is -0.121. The predicted octanol–water partition coefficient (Wildman–Crippen LogP) is 3.73. The SMILES string of the molecule is CSCCC(=O)NCC1Cc2cc(-c3ccccc3C(C)=O)ccc2O1. The number of amides is 1. The number of thioether (sulfide) groups is 1. The van der Waals surface area contributed by atoms with Crippen LogP contribution in [0.1, 0.15) is 29.3 Å². The third-order valence-electron chi connectivity index (χ3n) is 4.48. The number of Topliss-reactive ketones (excluding diaryl/α,β-unsaturated/α-hetero) is 1. The quantitative estimate of drug-likeness (QED) is 0.756. The summed E-state index contributed by atoms with van der Waals surface area (Å²) < 4.78 is 5.94. The molecule has 1 N–H and O–H groups in total. The largest absolute Gasteiger partial charge is 0.488 e. The van der Waals surface area contributed by atoms with Gasteiger partial charge >= 0.3 is 0 Å². The van der Waals surface area contributed by atoms with Crippen LogP contribution in [0.5, 0.6) is 5.75 Å². The predicted molar refractivity (Wildman–Crippen MR) is 106 cm³/mol. The van der Waals surface area contributed by atoms with E-state index >= 15 is 0 Å². The molecule has 0 fully saturated rings. The molecule has 0 aliphatic carbocycles. The van der Waals surface area contributed by atoms with Crippen LogP contribution in [0.3, 0.4) is 0 Å². The Morgan fingerprint density at radius 3 is 2.81 bits per heavy atom. The van der Waals surface area contributed by atoms with E-state index in [9.17, 15) is 9.59 Å². The van der Waals surface area contributed by atoms with Crippen LogP contribution >= 0.6 is 11.8 Å². The molecule has 0 bridgehead atoms. The van der Waals surface area contributed by atoms with E-state index in [1.54, 1.807) is 18.7 Å². The molecule has 5 heteroatoms. The lowest BCUT2D eigenvalue weighted by Crippen LogP contribution is -2.34. The first-order chi connectivity index (χ1) is 12.6. The molecule has 0 saturated heterocycles. The Morgan fingerprint density at radius 1 is 1.23 bits per heavy atom. The number of ether oxygens (including phenoxy) is 1. The highest BCUT2D eigenvalue weighted by atomic mass is 32.2. The molecule has 2 aromatic carbocycles. The smallest absolute Gasteiger partial charge is 0.220 e. The van der Waals surface area contributed by atoms with Gasteiger partial charge in [0.1, 0.15) is 11.9 Å². The fourth-order valence-corrected chi connectivity index (χ4v) is 3.54. The Balaban J connectivity index is 1.69. The molecule has 1 amide bonds. The standard InChI is InChI=1S/C21H23NO3S/c1-14(23)18-5-3-4-6-19(18)15-7-8-20-16(11-15)12-17(25-20)13-22-21(24)9-10-26-2/h3-8,11,17H,9-10,12-13H2,1-2H3,(H,22,24). The molecule has 0 radical (unpaired) electrons. The number of rotatable bonds is 7. The molecule has 0 spiro atoms. The summed E-state index contributed by atoms with van der Waals surface area (Å²) >= 11 is 1.66. The maximum atomic E-state index is 11.9. The Morgan fingerprint density at radius 2 is 2.04 bits per heavy atom. The van der Waals surface area contributed by atoms with E-state index in [0.717, 1.165) is 40.2 Å². The fraction of sp³-hybridized carbons (Fsp3) is 0.333. The van der Waals surface area contributed by atoms with Crippen LogP contribution in [0.15, 0.2) is 42.5 Å². The summed E-state index contributed by atoms with van der Waals surface area (Å²) in [6, 6.07) is 13.7. The third-order valence-corrected chi connectivity index (χ3v) is 5.09. The number of hydrogen-bond acceptors (Lipinski definition) is 4. The van der Waals surface area contributed by atoms with Crippen LogP contribution < -0.4 is 10.1 Å². The van der Waals surface area contributed by atoms with Crippen molar-refractivity contribution < 1.29 is 14.3 Å².